The number of thiophene rings is 1. The van der Waals surface area contributed by atoms with E-state index in [0.717, 1.165) is 13.0 Å². The summed E-state index contributed by atoms with van der Waals surface area (Å²) in [6.45, 7) is 0.238. The van der Waals surface area contributed by atoms with E-state index >= 15 is 0 Å². The van der Waals surface area contributed by atoms with Gasteiger partial charge in [0.15, 0.2) is 0 Å². The summed E-state index contributed by atoms with van der Waals surface area (Å²) in [5.74, 6) is -1.02. The highest BCUT2D eigenvalue weighted by molar-refractivity contribution is 9.11. The largest absolute Gasteiger partial charge is 0.481 e. The van der Waals surface area contributed by atoms with Crippen molar-refractivity contribution in [2.45, 2.75) is 12.8 Å². The summed E-state index contributed by atoms with van der Waals surface area (Å²) >= 11 is 4.89. The normalized spacial score (nSPS) is 11.9. The molecule has 0 saturated heterocycles. The molecule has 1 aromatic heterocycles. The summed E-state index contributed by atoms with van der Waals surface area (Å²) in [6, 6.07) is 3.84. The van der Waals surface area contributed by atoms with Gasteiger partial charge in [0, 0.05) is 25.0 Å². The smallest absolute Gasteiger partial charge is 0.304 e. The molecular formula is C10H15BrN2O4S2. The number of hydrogen-bond acceptors (Lipinski definition) is 4. The second-order valence-electron chi connectivity index (χ2n) is 3.82. The molecule has 0 atom stereocenters. The molecule has 6 nitrogen and oxygen atoms in total. The zero-order valence-corrected chi connectivity index (χ0v) is 13.5. The Morgan fingerprint density at radius 2 is 2.21 bits per heavy atom. The van der Waals surface area contributed by atoms with E-state index in [1.165, 1.54) is 7.05 Å². The first kappa shape index (κ1) is 16.6. The van der Waals surface area contributed by atoms with Crippen LogP contribution in [0.25, 0.3) is 0 Å². The van der Waals surface area contributed by atoms with Crippen molar-refractivity contribution in [1.29, 1.82) is 0 Å². The molecule has 0 amide bonds. The van der Waals surface area contributed by atoms with Crippen molar-refractivity contribution in [3.05, 3.63) is 20.8 Å². The van der Waals surface area contributed by atoms with Gasteiger partial charge in [-0.05, 0) is 34.5 Å². The van der Waals surface area contributed by atoms with Crippen molar-refractivity contribution in [3.63, 3.8) is 0 Å². The van der Waals surface area contributed by atoms with E-state index in [2.05, 4.69) is 20.7 Å². The third-order valence-corrected chi connectivity index (χ3v) is 5.59. The van der Waals surface area contributed by atoms with E-state index in [1.807, 2.05) is 12.1 Å². The highest BCUT2D eigenvalue weighted by Gasteiger charge is 2.17. The third-order valence-electron chi connectivity index (χ3n) is 2.34. The molecule has 2 N–H and O–H groups in total. The van der Waals surface area contributed by atoms with Crippen LogP contribution in [0.1, 0.15) is 11.3 Å². The lowest BCUT2D eigenvalue weighted by Crippen LogP contribution is -2.40. The van der Waals surface area contributed by atoms with Crippen LogP contribution in [0.15, 0.2) is 15.9 Å². The minimum atomic E-state index is -3.61. The lowest BCUT2D eigenvalue weighted by atomic mass is 10.3. The summed E-state index contributed by atoms with van der Waals surface area (Å²) in [5.41, 5.74) is 0. The van der Waals surface area contributed by atoms with Crippen molar-refractivity contribution in [1.82, 2.24) is 9.03 Å². The molecule has 1 rings (SSSR count). The van der Waals surface area contributed by atoms with E-state index < -0.39 is 16.2 Å². The Morgan fingerprint density at radius 3 is 2.74 bits per heavy atom. The van der Waals surface area contributed by atoms with Crippen LogP contribution in [-0.2, 0) is 21.4 Å². The summed E-state index contributed by atoms with van der Waals surface area (Å²) in [7, 11) is -2.25. The van der Waals surface area contributed by atoms with Gasteiger partial charge >= 0.3 is 5.97 Å². The predicted octanol–water partition coefficient (Wildman–Crippen LogP) is 1.29. The molecule has 0 aliphatic heterocycles. The van der Waals surface area contributed by atoms with Crippen LogP contribution in [0.4, 0.5) is 0 Å². The van der Waals surface area contributed by atoms with Crippen molar-refractivity contribution in [2.24, 2.45) is 0 Å². The van der Waals surface area contributed by atoms with Gasteiger partial charge in [-0.1, -0.05) is 0 Å². The number of nitrogens with zero attached hydrogens (tertiary/aromatic N) is 1. The number of carbonyl (C=O) groups is 1. The first-order valence-electron chi connectivity index (χ1n) is 5.48. The van der Waals surface area contributed by atoms with Gasteiger partial charge < -0.3 is 5.11 Å². The lowest BCUT2D eigenvalue weighted by molar-refractivity contribution is -0.137. The lowest BCUT2D eigenvalue weighted by Gasteiger charge is -2.16. The molecule has 0 fully saturated rings. The average molecular weight is 371 g/mol. The van der Waals surface area contributed by atoms with Crippen LogP contribution in [0, 0.1) is 0 Å². The summed E-state index contributed by atoms with van der Waals surface area (Å²) in [5, 5.41) is 8.51. The van der Waals surface area contributed by atoms with Crippen molar-refractivity contribution >= 4 is 43.4 Å². The molecule has 0 aliphatic carbocycles. The van der Waals surface area contributed by atoms with Crippen LogP contribution in [0.5, 0.6) is 0 Å². The van der Waals surface area contributed by atoms with Crippen molar-refractivity contribution in [3.8, 4) is 0 Å². The highest BCUT2D eigenvalue weighted by Crippen LogP contribution is 2.22. The fraction of sp³-hybridized carbons (Fsp3) is 0.500. The zero-order chi connectivity index (χ0) is 14.5. The van der Waals surface area contributed by atoms with Crippen LogP contribution >= 0.6 is 27.3 Å². The quantitative estimate of drug-likeness (QED) is 0.721. The number of aliphatic carboxylic acids is 1. The van der Waals surface area contributed by atoms with Gasteiger partial charge in [0.25, 0.3) is 10.2 Å². The first-order valence-corrected chi connectivity index (χ1v) is 8.53. The molecule has 0 unspecified atom stereocenters. The second-order valence-corrected chi connectivity index (χ2v) is 8.23. The molecule has 0 radical (unpaired) electrons. The topological polar surface area (TPSA) is 86.7 Å². The molecule has 0 spiro atoms. The molecular weight excluding hydrogens is 356 g/mol. The Labute approximate surface area is 124 Å². The minimum absolute atomic E-state index is 0.0464. The molecule has 0 aromatic carbocycles. The van der Waals surface area contributed by atoms with Gasteiger partial charge in [-0.15, -0.1) is 11.3 Å². The minimum Gasteiger partial charge on any atom is -0.481 e. The highest BCUT2D eigenvalue weighted by atomic mass is 79.9. The Bertz CT molecular complexity index is 529. The summed E-state index contributed by atoms with van der Waals surface area (Å²) in [6.07, 6.45) is 0.386. The van der Waals surface area contributed by atoms with E-state index in [4.69, 9.17) is 5.11 Å². The second kappa shape index (κ2) is 7.34. The molecule has 0 saturated carbocycles. The van der Waals surface area contributed by atoms with Crippen molar-refractivity contribution in [2.75, 3.05) is 20.1 Å². The number of hydrogen-bond donors (Lipinski definition) is 2. The van der Waals surface area contributed by atoms with Gasteiger partial charge in [0.05, 0.1) is 10.2 Å². The first-order chi connectivity index (χ1) is 8.81. The average Bonchev–Trinajstić information content (AvgIpc) is 2.71. The van der Waals surface area contributed by atoms with E-state index in [0.29, 0.717) is 6.42 Å². The third kappa shape index (κ3) is 6.00. The maximum absolute atomic E-state index is 11.8. The molecule has 0 bridgehead atoms. The molecule has 1 aromatic rings. The van der Waals surface area contributed by atoms with Crippen LogP contribution in [0.2, 0.25) is 0 Å². The molecule has 108 valence electrons. The van der Waals surface area contributed by atoms with Gasteiger partial charge in [0.2, 0.25) is 0 Å². The van der Waals surface area contributed by atoms with Gasteiger partial charge in [-0.2, -0.15) is 12.7 Å². The fourth-order valence-electron chi connectivity index (χ4n) is 1.27. The fourth-order valence-corrected chi connectivity index (χ4v) is 3.67. The van der Waals surface area contributed by atoms with Gasteiger partial charge in [0.1, 0.15) is 0 Å². The number of halogens is 1. The molecule has 1 heterocycles. The van der Waals surface area contributed by atoms with Gasteiger partial charge in [-0.25, -0.2) is 4.72 Å². The van der Waals surface area contributed by atoms with Gasteiger partial charge in [-0.3, -0.25) is 4.79 Å². The molecule has 0 aliphatic rings. The SMILES string of the molecule is CN(CCC(=O)O)S(=O)(=O)NCCc1ccc(Br)s1. The number of carboxylic acids is 1. The predicted molar refractivity (Wildman–Crippen MR) is 77.5 cm³/mol. The summed E-state index contributed by atoms with van der Waals surface area (Å²) in [4.78, 5) is 11.5. The van der Waals surface area contributed by atoms with Crippen LogP contribution in [0.3, 0.4) is 0 Å². The van der Waals surface area contributed by atoms with Crippen LogP contribution < -0.4 is 4.72 Å². The Hall–Kier alpha value is -0.480. The monoisotopic (exact) mass is 370 g/mol. The maximum Gasteiger partial charge on any atom is 0.304 e. The standard InChI is InChI=1S/C10H15BrN2O4S2/c1-13(7-5-10(14)15)19(16,17)12-6-4-8-2-3-9(11)18-8/h2-3,12H,4-7H2,1H3,(H,14,15). The maximum atomic E-state index is 11.8. The number of rotatable bonds is 8. The van der Waals surface area contributed by atoms with E-state index in [1.54, 1.807) is 11.3 Å². The van der Waals surface area contributed by atoms with E-state index in [9.17, 15) is 13.2 Å². The Kier molecular flexibility index (Phi) is 6.40. The number of carboxylic acid groups (broad SMARTS) is 1. The van der Waals surface area contributed by atoms with E-state index in [-0.39, 0.29) is 19.5 Å². The Balaban J connectivity index is 2.39. The van der Waals surface area contributed by atoms with Crippen LogP contribution in [-0.4, -0.2) is 43.9 Å². The number of nitrogens with one attached hydrogen (secondary N) is 1. The summed E-state index contributed by atoms with van der Waals surface area (Å²) < 4.78 is 28.0. The molecule has 9 heteroatoms. The Morgan fingerprint density at radius 1 is 1.53 bits per heavy atom. The molecule has 19 heavy (non-hydrogen) atoms. The zero-order valence-electron chi connectivity index (χ0n) is 10.3. The van der Waals surface area contributed by atoms with Crippen molar-refractivity contribution < 1.29 is 18.3 Å².